The number of nitrogens with one attached hydrogen (secondary N) is 2. The summed E-state index contributed by atoms with van der Waals surface area (Å²) in [5.41, 5.74) is 7.77. The van der Waals surface area contributed by atoms with E-state index < -0.39 is 41.5 Å². The van der Waals surface area contributed by atoms with Crippen LogP contribution in [0.1, 0.15) is 75.5 Å². The van der Waals surface area contributed by atoms with Crippen molar-refractivity contribution in [3.05, 3.63) is 77.2 Å². The highest BCUT2D eigenvalue weighted by molar-refractivity contribution is 5.75. The Kier molecular flexibility index (Phi) is 12.0. The third-order valence-electron chi connectivity index (χ3n) is 13.6. The second-order valence-corrected chi connectivity index (χ2v) is 16.7. The molecule has 310 valence electrons. The van der Waals surface area contributed by atoms with Crippen LogP contribution in [0.3, 0.4) is 0 Å². The summed E-state index contributed by atoms with van der Waals surface area (Å²) in [6, 6.07) is 8.27. The average molecular weight is 790 g/mol. The number of hydrogen-bond donors (Lipinski definition) is 8. The highest BCUT2D eigenvalue weighted by atomic mass is 16.5. The van der Waals surface area contributed by atoms with Gasteiger partial charge in [-0.3, -0.25) is 4.79 Å². The summed E-state index contributed by atoms with van der Waals surface area (Å²) >= 11 is 0. The van der Waals surface area contributed by atoms with Crippen molar-refractivity contribution in [1.29, 1.82) is 0 Å². The van der Waals surface area contributed by atoms with Crippen LogP contribution in [-0.4, -0.2) is 89.8 Å². The van der Waals surface area contributed by atoms with Crippen LogP contribution in [0.5, 0.6) is 28.7 Å². The number of methoxy groups -OCH3 is 2. The molecule has 9 atom stereocenters. The van der Waals surface area contributed by atoms with E-state index in [0.717, 1.165) is 43.2 Å². The lowest BCUT2D eigenvalue weighted by molar-refractivity contribution is -0.160. The van der Waals surface area contributed by atoms with Gasteiger partial charge in [0.2, 0.25) is 5.75 Å². The third kappa shape index (κ3) is 7.55. The first-order chi connectivity index (χ1) is 27.4. The van der Waals surface area contributed by atoms with Gasteiger partial charge < -0.3 is 60.8 Å². The number of hydrogen-bond acceptors (Lipinski definition) is 12. The minimum atomic E-state index is -0.874. The molecule has 0 aromatic heterocycles. The highest BCUT2D eigenvalue weighted by Crippen LogP contribution is 2.68. The van der Waals surface area contributed by atoms with Gasteiger partial charge in [-0.15, -0.1) is 0 Å². The molecule has 13 heteroatoms. The van der Waals surface area contributed by atoms with Gasteiger partial charge >= 0.3 is 5.97 Å². The molecule has 3 aliphatic heterocycles. The summed E-state index contributed by atoms with van der Waals surface area (Å²) in [5, 5.41) is 61.0. The predicted molar refractivity (Wildman–Crippen MR) is 213 cm³/mol. The first kappa shape index (κ1) is 40.8. The number of phenols is 2. The van der Waals surface area contributed by atoms with Crippen LogP contribution in [0.25, 0.3) is 0 Å². The summed E-state index contributed by atoms with van der Waals surface area (Å²) in [6.07, 6.45) is 12.7. The molecule has 5 aliphatic rings. The van der Waals surface area contributed by atoms with E-state index in [1.807, 2.05) is 18.2 Å². The van der Waals surface area contributed by atoms with Gasteiger partial charge in [0.1, 0.15) is 6.61 Å². The number of aliphatic hydroxyl groups is 2. The van der Waals surface area contributed by atoms with Gasteiger partial charge in [0, 0.05) is 42.5 Å². The van der Waals surface area contributed by atoms with Gasteiger partial charge in [0.15, 0.2) is 23.0 Å². The molecule has 13 nitrogen and oxygen atoms in total. The number of aliphatic hydroxyl groups excluding tert-OH is 2. The largest absolute Gasteiger partial charge is 0.504 e. The zero-order chi connectivity index (χ0) is 40.5. The molecule has 2 aromatic carbocycles. The number of fused-ring (bicyclic) bond motifs is 1. The maximum Gasteiger partial charge on any atom is 0.311 e. The Hall–Kier alpha value is -4.43. The number of aryl methyl sites for hydroxylation is 1. The first-order valence-electron chi connectivity index (χ1n) is 20.4. The van der Waals surface area contributed by atoms with E-state index in [9.17, 15) is 30.3 Å². The molecule has 2 saturated heterocycles. The van der Waals surface area contributed by atoms with Crippen LogP contribution in [0, 0.1) is 28.6 Å². The van der Waals surface area contributed by atoms with Crippen LogP contribution >= 0.6 is 0 Å². The molecule has 9 unspecified atom stereocenters. The third-order valence-corrected chi connectivity index (χ3v) is 13.6. The standard InChI is InChI=1S/C44H59N3O10/c1-25-23-43(14-4-5-15-43)44(31(9-10-32(44)42(52)53)27-12-16-46-39(45)21-27)38(47-25)24-56-37-20-28(19-36(55-3)40(37)51)41-30(13-17-48)34(50)22-29(57-41)8-6-26-7-11-33(49)35(18-26)54-2/h7,9-12,18-21,25,29-32,34,38,41,46-51H,4-6,8,13-17,22-24,45H2,1-3H3,(H,52,53). The molecule has 7 rings (SSSR count). The van der Waals surface area contributed by atoms with E-state index in [-0.39, 0.29) is 66.1 Å². The molecule has 9 N–H and O–H groups in total. The van der Waals surface area contributed by atoms with Crippen molar-refractivity contribution >= 4 is 5.97 Å². The summed E-state index contributed by atoms with van der Waals surface area (Å²) in [4.78, 5) is 13.4. The first-order valence-corrected chi connectivity index (χ1v) is 20.4. The lowest BCUT2D eigenvalue weighted by atomic mass is 9.46. The molecule has 0 bridgehead atoms. The van der Waals surface area contributed by atoms with E-state index >= 15 is 0 Å². The number of ether oxygens (including phenoxy) is 4. The maximum atomic E-state index is 13.4. The molecule has 1 saturated carbocycles. The minimum Gasteiger partial charge on any atom is -0.504 e. The van der Waals surface area contributed by atoms with Gasteiger partial charge in [-0.1, -0.05) is 37.1 Å². The number of phenolic OH excluding ortho intramolecular Hbond substituents is 2. The topological polar surface area (TPSA) is 205 Å². The molecule has 57 heavy (non-hydrogen) atoms. The number of aromatic hydroxyl groups is 2. The number of piperidine rings is 1. The second kappa shape index (κ2) is 16.8. The van der Waals surface area contributed by atoms with Gasteiger partial charge in [-0.25, -0.2) is 0 Å². The van der Waals surface area contributed by atoms with Gasteiger partial charge in [-0.05, 0) is 104 Å². The quantitative estimate of drug-likeness (QED) is 0.128. The Morgan fingerprint density at radius 3 is 2.49 bits per heavy atom. The summed E-state index contributed by atoms with van der Waals surface area (Å²) < 4.78 is 24.4. The van der Waals surface area contributed by atoms with Crippen LogP contribution in [0.15, 0.2) is 66.0 Å². The SMILES string of the molecule is COc1cc(CCC2CC(O)C(CCO)C(c3cc(OC)c(O)c(OCC4NC(C)CC5(CCCC5)C45C(C(=O)O)C=CC5C4=CCNC(N)=C4)c3)O2)ccc1O. The molecule has 0 radical (unpaired) electrons. The average Bonchev–Trinajstić information content (AvgIpc) is 3.83. The van der Waals surface area contributed by atoms with E-state index in [1.165, 1.54) is 14.2 Å². The Morgan fingerprint density at radius 2 is 1.79 bits per heavy atom. The number of rotatable bonds is 13. The molecule has 0 amide bonds. The number of dihydropyridines is 1. The molecule has 3 heterocycles. The van der Waals surface area contributed by atoms with E-state index in [2.05, 4.69) is 29.7 Å². The fourth-order valence-electron chi connectivity index (χ4n) is 11.3. The van der Waals surface area contributed by atoms with Crippen molar-refractivity contribution in [2.45, 2.75) is 95.1 Å². The highest BCUT2D eigenvalue weighted by Gasteiger charge is 2.68. The minimum absolute atomic E-state index is 0.0572. The van der Waals surface area contributed by atoms with Crippen LogP contribution in [-0.2, 0) is 16.0 Å². The molecule has 2 aromatic rings. The van der Waals surface area contributed by atoms with E-state index in [4.69, 9.17) is 24.7 Å². The number of allylic oxidation sites excluding steroid dienone is 3. The lowest BCUT2D eigenvalue weighted by Crippen LogP contribution is -2.69. The molecular weight excluding hydrogens is 730 g/mol. The molecule has 3 fully saturated rings. The normalized spacial score (nSPS) is 31.8. The number of carboxylic acids is 1. The lowest BCUT2D eigenvalue weighted by Gasteiger charge is -2.61. The second-order valence-electron chi connectivity index (χ2n) is 16.7. The van der Waals surface area contributed by atoms with Crippen molar-refractivity contribution in [2.75, 3.05) is 34.0 Å². The van der Waals surface area contributed by atoms with E-state index in [0.29, 0.717) is 42.9 Å². The number of benzene rings is 2. The number of carbonyl (C=O) groups is 1. The number of aliphatic carboxylic acids is 1. The van der Waals surface area contributed by atoms with E-state index in [1.54, 1.807) is 24.3 Å². The van der Waals surface area contributed by atoms with Crippen LogP contribution in [0.2, 0.25) is 0 Å². The van der Waals surface area contributed by atoms with Crippen molar-refractivity contribution < 1.29 is 49.3 Å². The Labute approximate surface area is 334 Å². The summed E-state index contributed by atoms with van der Waals surface area (Å²) in [5.74, 6) is -1.25. The van der Waals surface area contributed by atoms with Crippen molar-refractivity contribution in [1.82, 2.24) is 10.6 Å². The fourth-order valence-corrected chi connectivity index (χ4v) is 11.3. The zero-order valence-corrected chi connectivity index (χ0v) is 33.2. The van der Waals surface area contributed by atoms with Crippen LogP contribution in [0.4, 0.5) is 0 Å². The predicted octanol–water partition coefficient (Wildman–Crippen LogP) is 4.83. The number of carboxylic acid groups (broad SMARTS) is 1. The molecular formula is C44H59N3O10. The zero-order valence-electron chi connectivity index (χ0n) is 33.2. The van der Waals surface area contributed by atoms with Gasteiger partial charge in [0.25, 0.3) is 0 Å². The van der Waals surface area contributed by atoms with Crippen molar-refractivity contribution in [3.8, 4) is 28.7 Å². The Morgan fingerprint density at radius 1 is 1.04 bits per heavy atom. The monoisotopic (exact) mass is 789 g/mol. The maximum absolute atomic E-state index is 13.4. The summed E-state index contributed by atoms with van der Waals surface area (Å²) in [7, 11) is 2.96. The van der Waals surface area contributed by atoms with Gasteiger partial charge in [0.05, 0.1) is 44.3 Å². The van der Waals surface area contributed by atoms with Crippen molar-refractivity contribution in [3.63, 3.8) is 0 Å². The Balaban J connectivity index is 1.21. The summed E-state index contributed by atoms with van der Waals surface area (Å²) in [6.45, 7) is 2.61. The molecule has 2 aliphatic carbocycles. The number of nitrogens with two attached hydrogens (primary N) is 1. The van der Waals surface area contributed by atoms with Gasteiger partial charge in [-0.2, -0.15) is 0 Å². The smallest absolute Gasteiger partial charge is 0.311 e. The fraction of sp³-hybridized carbons (Fsp3) is 0.568. The van der Waals surface area contributed by atoms with Crippen LogP contribution < -0.4 is 30.6 Å². The van der Waals surface area contributed by atoms with Crippen molar-refractivity contribution in [2.24, 2.45) is 34.3 Å². The molecule has 2 spiro atoms. The Bertz CT molecular complexity index is 1870.